The van der Waals surface area contributed by atoms with Gasteiger partial charge in [-0.2, -0.15) is 5.10 Å². The fraction of sp³-hybridized carbons (Fsp3) is 0.0588. The zero-order chi connectivity index (χ0) is 16.1. The summed E-state index contributed by atoms with van der Waals surface area (Å²) >= 11 is 0. The molecule has 23 heavy (non-hydrogen) atoms. The number of hydrazine groups is 1. The van der Waals surface area contributed by atoms with Crippen LogP contribution in [0.15, 0.2) is 66.7 Å². The maximum absolute atomic E-state index is 11.7. The third-order valence-corrected chi connectivity index (χ3v) is 3.20. The molecule has 0 unspecified atom stereocenters. The van der Waals surface area contributed by atoms with E-state index < -0.39 is 6.09 Å². The van der Waals surface area contributed by atoms with Crippen molar-refractivity contribution in [2.75, 3.05) is 5.43 Å². The van der Waals surface area contributed by atoms with Crippen LogP contribution in [0, 0.1) is 0 Å². The number of amides is 1. The second-order valence-corrected chi connectivity index (χ2v) is 4.86. The monoisotopic (exact) mass is 308 g/mol. The Morgan fingerprint density at radius 2 is 1.70 bits per heavy atom. The van der Waals surface area contributed by atoms with Gasteiger partial charge in [0.25, 0.3) is 0 Å². The molecule has 0 aliphatic rings. The summed E-state index contributed by atoms with van der Waals surface area (Å²) in [4.78, 5) is 11.7. The van der Waals surface area contributed by atoms with E-state index in [2.05, 4.69) is 16.0 Å². The van der Waals surface area contributed by atoms with Gasteiger partial charge >= 0.3 is 6.09 Å². The first-order valence-corrected chi connectivity index (χ1v) is 7.11. The van der Waals surface area contributed by atoms with Crippen molar-refractivity contribution in [1.29, 1.82) is 0 Å². The highest BCUT2D eigenvalue weighted by Crippen LogP contribution is 2.20. The zero-order valence-electron chi connectivity index (χ0n) is 12.6. The first kappa shape index (κ1) is 14.6. The highest BCUT2D eigenvalue weighted by molar-refractivity contribution is 5.72. The lowest BCUT2D eigenvalue weighted by atomic mass is 10.2. The molecule has 2 aromatic carbocycles. The molecule has 1 aromatic heterocycles. The van der Waals surface area contributed by atoms with Crippen molar-refractivity contribution in [1.82, 2.24) is 15.2 Å². The van der Waals surface area contributed by atoms with Crippen molar-refractivity contribution in [2.24, 2.45) is 7.05 Å². The topological polar surface area (TPSA) is 68.2 Å². The number of anilines is 1. The van der Waals surface area contributed by atoms with E-state index in [1.165, 1.54) is 0 Å². The summed E-state index contributed by atoms with van der Waals surface area (Å²) in [5.74, 6) is 1.12. The molecule has 0 spiro atoms. The Labute approximate surface area is 133 Å². The molecule has 0 aliphatic carbocycles. The second kappa shape index (κ2) is 6.65. The normalized spacial score (nSPS) is 10.1. The van der Waals surface area contributed by atoms with Gasteiger partial charge in [-0.05, 0) is 12.1 Å². The van der Waals surface area contributed by atoms with Crippen molar-refractivity contribution in [3.8, 4) is 17.0 Å². The van der Waals surface area contributed by atoms with Gasteiger partial charge in [-0.3, -0.25) is 10.1 Å². The number of hydrogen-bond acceptors (Lipinski definition) is 4. The molecule has 0 atom stereocenters. The Bertz CT molecular complexity index is 785. The average molecular weight is 308 g/mol. The molecule has 0 aliphatic heterocycles. The number of ether oxygens (including phenoxy) is 1. The highest BCUT2D eigenvalue weighted by Gasteiger charge is 2.08. The molecule has 0 bridgehead atoms. The first-order chi connectivity index (χ1) is 11.2. The fourth-order valence-electron chi connectivity index (χ4n) is 2.07. The highest BCUT2D eigenvalue weighted by atomic mass is 16.6. The SMILES string of the molecule is Cn1nc(-c2ccccc2)cc1NNC(=O)Oc1ccccc1. The van der Waals surface area contributed by atoms with Crippen LogP contribution >= 0.6 is 0 Å². The number of rotatable bonds is 4. The van der Waals surface area contributed by atoms with Gasteiger partial charge in [0, 0.05) is 18.7 Å². The van der Waals surface area contributed by atoms with E-state index in [4.69, 9.17) is 4.74 Å². The minimum atomic E-state index is -0.598. The van der Waals surface area contributed by atoms with Gasteiger partial charge in [0.05, 0.1) is 5.69 Å². The lowest BCUT2D eigenvalue weighted by Gasteiger charge is -2.08. The number of aryl methyl sites for hydroxylation is 1. The van der Waals surface area contributed by atoms with Crippen LogP contribution in [0.3, 0.4) is 0 Å². The summed E-state index contributed by atoms with van der Waals surface area (Å²) in [5.41, 5.74) is 7.10. The molecule has 6 heteroatoms. The fourth-order valence-corrected chi connectivity index (χ4v) is 2.07. The number of nitrogens with one attached hydrogen (secondary N) is 2. The van der Waals surface area contributed by atoms with Gasteiger partial charge < -0.3 is 4.74 Å². The number of aromatic nitrogens is 2. The summed E-state index contributed by atoms with van der Waals surface area (Å²) in [6.07, 6.45) is -0.598. The quantitative estimate of drug-likeness (QED) is 0.726. The molecule has 116 valence electrons. The Balaban J connectivity index is 1.62. The summed E-state index contributed by atoms with van der Waals surface area (Å²) in [6.45, 7) is 0. The zero-order valence-corrected chi connectivity index (χ0v) is 12.6. The Morgan fingerprint density at radius 1 is 1.04 bits per heavy atom. The molecule has 0 saturated heterocycles. The Hall–Kier alpha value is -3.28. The standard InChI is InChI=1S/C17H16N4O2/c1-21-16(12-15(20-21)13-8-4-2-5-9-13)18-19-17(22)23-14-10-6-3-7-11-14/h2-12,18H,1H3,(H,19,22). The van der Waals surface area contributed by atoms with Gasteiger partial charge in [-0.15, -0.1) is 0 Å². The van der Waals surface area contributed by atoms with Crippen molar-refractivity contribution in [3.63, 3.8) is 0 Å². The minimum absolute atomic E-state index is 0.474. The third kappa shape index (κ3) is 3.68. The van der Waals surface area contributed by atoms with Crippen molar-refractivity contribution in [2.45, 2.75) is 0 Å². The smallest absolute Gasteiger partial charge is 0.409 e. The van der Waals surface area contributed by atoms with Gasteiger partial charge in [0.15, 0.2) is 0 Å². The molecular weight excluding hydrogens is 292 g/mol. The number of carbonyl (C=O) groups is 1. The summed E-state index contributed by atoms with van der Waals surface area (Å²) < 4.78 is 6.77. The number of benzene rings is 2. The molecule has 6 nitrogen and oxygen atoms in total. The van der Waals surface area contributed by atoms with Crippen LogP contribution in [-0.4, -0.2) is 15.9 Å². The third-order valence-electron chi connectivity index (χ3n) is 3.20. The van der Waals surface area contributed by atoms with E-state index in [0.717, 1.165) is 11.3 Å². The van der Waals surface area contributed by atoms with Crippen LogP contribution in [0.4, 0.5) is 10.6 Å². The largest absolute Gasteiger partial charge is 0.431 e. The van der Waals surface area contributed by atoms with E-state index >= 15 is 0 Å². The minimum Gasteiger partial charge on any atom is -0.409 e. The van der Waals surface area contributed by atoms with Crippen LogP contribution in [0.5, 0.6) is 5.75 Å². The molecule has 2 N–H and O–H groups in total. The van der Waals surface area contributed by atoms with Gasteiger partial charge in [-0.1, -0.05) is 48.5 Å². The van der Waals surface area contributed by atoms with Crippen LogP contribution in [0.25, 0.3) is 11.3 Å². The summed E-state index contributed by atoms with van der Waals surface area (Å²) in [5, 5.41) is 4.40. The van der Waals surface area contributed by atoms with Crippen LogP contribution < -0.4 is 15.6 Å². The summed E-state index contributed by atoms with van der Waals surface area (Å²) in [7, 11) is 1.79. The van der Waals surface area contributed by atoms with Crippen LogP contribution in [0.1, 0.15) is 0 Å². The number of carbonyl (C=O) groups excluding carboxylic acids is 1. The molecular formula is C17H16N4O2. The lowest BCUT2D eigenvalue weighted by Crippen LogP contribution is -2.32. The van der Waals surface area contributed by atoms with E-state index in [0.29, 0.717) is 11.6 Å². The number of nitrogens with zero attached hydrogens (tertiary/aromatic N) is 2. The van der Waals surface area contributed by atoms with Gasteiger partial charge in [-0.25, -0.2) is 10.2 Å². The number of hydrogen-bond donors (Lipinski definition) is 2. The van der Waals surface area contributed by atoms with Gasteiger partial charge in [0.1, 0.15) is 11.6 Å². The first-order valence-electron chi connectivity index (χ1n) is 7.11. The van der Waals surface area contributed by atoms with Crippen molar-refractivity contribution < 1.29 is 9.53 Å². The molecule has 0 radical (unpaired) electrons. The molecule has 0 saturated carbocycles. The van der Waals surface area contributed by atoms with E-state index in [1.54, 1.807) is 36.0 Å². The maximum Gasteiger partial charge on any atom is 0.431 e. The Kier molecular flexibility index (Phi) is 4.24. The molecule has 0 fully saturated rings. The van der Waals surface area contributed by atoms with Crippen molar-refractivity contribution >= 4 is 11.9 Å². The maximum atomic E-state index is 11.7. The van der Waals surface area contributed by atoms with E-state index in [9.17, 15) is 4.79 Å². The van der Waals surface area contributed by atoms with E-state index in [1.807, 2.05) is 42.5 Å². The van der Waals surface area contributed by atoms with Crippen LogP contribution in [-0.2, 0) is 7.05 Å². The van der Waals surface area contributed by atoms with Crippen molar-refractivity contribution in [3.05, 3.63) is 66.7 Å². The average Bonchev–Trinajstić information content (AvgIpc) is 2.96. The van der Waals surface area contributed by atoms with E-state index in [-0.39, 0.29) is 0 Å². The molecule has 1 amide bonds. The second-order valence-electron chi connectivity index (χ2n) is 4.86. The van der Waals surface area contributed by atoms with Crippen LogP contribution in [0.2, 0.25) is 0 Å². The lowest BCUT2D eigenvalue weighted by molar-refractivity contribution is 0.202. The number of para-hydroxylation sites is 1. The molecule has 1 heterocycles. The Morgan fingerprint density at radius 3 is 2.39 bits per heavy atom. The summed E-state index contributed by atoms with van der Waals surface area (Å²) in [6, 6.07) is 20.5. The molecule has 3 aromatic rings. The van der Waals surface area contributed by atoms with Gasteiger partial charge in [0.2, 0.25) is 0 Å². The molecule has 3 rings (SSSR count). The predicted molar refractivity (Wildman–Crippen MR) is 87.9 cm³/mol. The predicted octanol–water partition coefficient (Wildman–Crippen LogP) is 3.20.